The average molecular weight is 607 g/mol. The van der Waals surface area contributed by atoms with Gasteiger partial charge in [0.2, 0.25) is 5.91 Å². The van der Waals surface area contributed by atoms with Gasteiger partial charge in [-0.1, -0.05) is 80.1 Å². The van der Waals surface area contributed by atoms with Crippen LogP contribution in [0.25, 0.3) is 6.08 Å². The molecule has 2 bridgehead atoms. The summed E-state index contributed by atoms with van der Waals surface area (Å²) in [5.74, 6) is 1.77. The number of aryl methyl sites for hydroxylation is 1. The minimum Gasteiger partial charge on any atom is -0.493 e. The minimum absolute atomic E-state index is 0.00329. The smallest absolute Gasteiger partial charge is 0.246 e. The zero-order chi connectivity index (χ0) is 31.3. The molecule has 0 radical (unpaired) electrons. The van der Waals surface area contributed by atoms with Crippen molar-refractivity contribution in [3.8, 4) is 11.5 Å². The Morgan fingerprint density at radius 2 is 1.96 bits per heavy atom. The molecule has 1 saturated heterocycles. The Morgan fingerprint density at radius 3 is 2.71 bits per heavy atom. The van der Waals surface area contributed by atoms with Crippen LogP contribution in [-0.2, 0) is 23.1 Å². The number of hydrogen-bond donors (Lipinski definition) is 1. The summed E-state index contributed by atoms with van der Waals surface area (Å²) in [6.07, 6.45) is 7.13. The largest absolute Gasteiger partial charge is 0.493 e. The highest BCUT2D eigenvalue weighted by Crippen LogP contribution is 2.66. The SMILES string of the molecule is COc1ccc2c3c1O[C@H]1[C@H](N(CC(C)C)C(=O)C=Cc4cccc(C)c4)CC[C@@]4(O)[C@@H](C2)N(CCc2ccccc2)CC[C@]314. The van der Waals surface area contributed by atoms with Gasteiger partial charge in [0.1, 0.15) is 6.10 Å². The third kappa shape index (κ3) is 4.88. The van der Waals surface area contributed by atoms with Gasteiger partial charge >= 0.3 is 0 Å². The summed E-state index contributed by atoms with van der Waals surface area (Å²) in [5, 5.41) is 13.1. The van der Waals surface area contributed by atoms with Crippen molar-refractivity contribution in [2.24, 2.45) is 5.92 Å². The van der Waals surface area contributed by atoms with Gasteiger partial charge in [0.25, 0.3) is 0 Å². The zero-order valence-corrected chi connectivity index (χ0v) is 27.0. The van der Waals surface area contributed by atoms with Crippen LogP contribution in [0.4, 0.5) is 0 Å². The van der Waals surface area contributed by atoms with Gasteiger partial charge in [0, 0.05) is 30.8 Å². The van der Waals surface area contributed by atoms with Crippen molar-refractivity contribution in [3.05, 3.63) is 101 Å². The molecule has 1 amide bonds. The molecular weight excluding hydrogens is 560 g/mol. The van der Waals surface area contributed by atoms with Crippen molar-refractivity contribution in [1.29, 1.82) is 0 Å². The summed E-state index contributed by atoms with van der Waals surface area (Å²) >= 11 is 0. The number of aliphatic hydroxyl groups is 1. The first kappa shape index (κ1) is 30.1. The summed E-state index contributed by atoms with van der Waals surface area (Å²) in [7, 11) is 1.69. The summed E-state index contributed by atoms with van der Waals surface area (Å²) in [6, 6.07) is 22.9. The molecule has 6 heteroatoms. The molecule has 45 heavy (non-hydrogen) atoms. The molecule has 0 aromatic heterocycles. The number of carbonyl (C=O) groups excluding carboxylic acids is 1. The Hall–Kier alpha value is -3.61. The van der Waals surface area contributed by atoms with Crippen LogP contribution in [0.5, 0.6) is 11.5 Å². The van der Waals surface area contributed by atoms with Crippen LogP contribution < -0.4 is 9.47 Å². The summed E-state index contributed by atoms with van der Waals surface area (Å²) in [6.45, 7) is 8.80. The van der Waals surface area contributed by atoms with Gasteiger partial charge in [-0.25, -0.2) is 0 Å². The lowest BCUT2D eigenvalue weighted by atomic mass is 9.48. The molecule has 1 N–H and O–H groups in total. The van der Waals surface area contributed by atoms with E-state index in [9.17, 15) is 9.90 Å². The molecule has 2 heterocycles. The molecule has 1 saturated carbocycles. The second kappa shape index (κ2) is 11.6. The fourth-order valence-electron chi connectivity index (χ4n) is 9.08. The van der Waals surface area contributed by atoms with Gasteiger partial charge in [-0.2, -0.15) is 0 Å². The summed E-state index contributed by atoms with van der Waals surface area (Å²) in [4.78, 5) is 18.7. The van der Waals surface area contributed by atoms with Crippen LogP contribution >= 0.6 is 0 Å². The number of ether oxygens (including phenoxy) is 2. The molecule has 2 aliphatic carbocycles. The van der Waals surface area contributed by atoms with Crippen LogP contribution in [0.3, 0.4) is 0 Å². The molecule has 0 unspecified atom stereocenters. The second-order valence-corrected chi connectivity index (χ2v) is 14.0. The molecule has 6 nitrogen and oxygen atoms in total. The Morgan fingerprint density at radius 1 is 1.13 bits per heavy atom. The number of methoxy groups -OCH3 is 1. The molecule has 7 rings (SSSR count). The van der Waals surface area contributed by atoms with Gasteiger partial charge in [-0.3, -0.25) is 9.69 Å². The van der Waals surface area contributed by atoms with Gasteiger partial charge < -0.3 is 19.5 Å². The summed E-state index contributed by atoms with van der Waals surface area (Å²) in [5.41, 5.74) is 4.31. The van der Waals surface area contributed by atoms with Gasteiger partial charge in [0.15, 0.2) is 11.5 Å². The minimum atomic E-state index is -0.961. The van der Waals surface area contributed by atoms with E-state index in [-0.39, 0.29) is 30.0 Å². The van der Waals surface area contributed by atoms with E-state index in [1.54, 1.807) is 13.2 Å². The number of carbonyl (C=O) groups is 1. The monoisotopic (exact) mass is 606 g/mol. The lowest BCUT2D eigenvalue weighted by Gasteiger charge is -2.65. The lowest BCUT2D eigenvalue weighted by Crippen LogP contribution is -2.78. The fraction of sp³-hybridized carbons (Fsp3) is 0.462. The third-order valence-corrected chi connectivity index (χ3v) is 11.0. The molecule has 5 atom stereocenters. The van der Waals surface area contributed by atoms with E-state index in [2.05, 4.69) is 74.2 Å². The molecule has 236 valence electrons. The maximum atomic E-state index is 14.1. The standard InChI is InChI=1S/C39H46N2O4/c1-26(2)25-41(34(42)16-13-29-12-8-9-27(3)23-29)31-17-19-39(43)33-24-30-14-15-32(44-4)36-35(30)38(39,37(31)45-36)20-22-40(33)21-18-28-10-6-5-7-11-28/h5-16,23,26,31,33,37,43H,17-22,24-25H2,1-4H3/t31-,33-,37+,38+,39-/m1/s1. The first-order chi connectivity index (χ1) is 21.7. The Bertz CT molecular complexity index is 1600. The highest BCUT2D eigenvalue weighted by Gasteiger charge is 2.73. The Balaban J connectivity index is 1.26. The van der Waals surface area contributed by atoms with E-state index >= 15 is 0 Å². The number of hydrogen-bond acceptors (Lipinski definition) is 5. The van der Waals surface area contributed by atoms with Crippen molar-refractivity contribution in [2.75, 3.05) is 26.7 Å². The molecule has 4 aliphatic rings. The van der Waals surface area contributed by atoms with E-state index in [1.807, 2.05) is 29.2 Å². The van der Waals surface area contributed by atoms with E-state index in [0.717, 1.165) is 54.8 Å². The van der Waals surface area contributed by atoms with E-state index < -0.39 is 11.0 Å². The predicted molar refractivity (Wildman–Crippen MR) is 178 cm³/mol. The number of nitrogens with zero attached hydrogens (tertiary/aromatic N) is 2. The van der Waals surface area contributed by atoms with E-state index in [4.69, 9.17) is 9.47 Å². The van der Waals surface area contributed by atoms with Crippen LogP contribution in [0.15, 0.2) is 72.8 Å². The van der Waals surface area contributed by atoms with Crippen molar-refractivity contribution < 1.29 is 19.4 Å². The highest BCUT2D eigenvalue weighted by molar-refractivity contribution is 5.92. The van der Waals surface area contributed by atoms with Crippen LogP contribution in [0.2, 0.25) is 0 Å². The van der Waals surface area contributed by atoms with Crippen molar-refractivity contribution in [2.45, 2.75) is 82.1 Å². The Kier molecular flexibility index (Phi) is 7.77. The first-order valence-electron chi connectivity index (χ1n) is 16.7. The molecular formula is C39H46N2O4. The molecule has 2 aliphatic heterocycles. The van der Waals surface area contributed by atoms with Crippen molar-refractivity contribution in [3.63, 3.8) is 0 Å². The average Bonchev–Trinajstić information content (AvgIpc) is 3.38. The van der Waals surface area contributed by atoms with Crippen LogP contribution in [0.1, 0.15) is 60.9 Å². The molecule has 3 aromatic carbocycles. The van der Waals surface area contributed by atoms with Crippen LogP contribution in [-0.4, -0.2) is 71.3 Å². The topological polar surface area (TPSA) is 62.2 Å². The van der Waals surface area contributed by atoms with E-state index in [1.165, 1.54) is 11.1 Å². The lowest BCUT2D eigenvalue weighted by molar-refractivity contribution is -0.201. The zero-order valence-electron chi connectivity index (χ0n) is 27.0. The maximum Gasteiger partial charge on any atom is 0.246 e. The highest BCUT2D eigenvalue weighted by atomic mass is 16.5. The second-order valence-electron chi connectivity index (χ2n) is 14.0. The van der Waals surface area contributed by atoms with Gasteiger partial charge in [-0.05, 0) is 80.3 Å². The normalized spacial score (nSPS) is 28.2. The molecule has 1 spiro atoms. The van der Waals surface area contributed by atoms with Gasteiger partial charge in [0.05, 0.1) is 24.2 Å². The van der Waals surface area contributed by atoms with Crippen LogP contribution in [0, 0.1) is 12.8 Å². The fourth-order valence-corrected chi connectivity index (χ4v) is 9.08. The quantitative estimate of drug-likeness (QED) is 0.305. The number of benzene rings is 3. The molecule has 2 fully saturated rings. The molecule has 3 aromatic rings. The number of likely N-dealkylation sites (tertiary alicyclic amines) is 1. The summed E-state index contributed by atoms with van der Waals surface area (Å²) < 4.78 is 12.9. The van der Waals surface area contributed by atoms with Gasteiger partial charge in [-0.15, -0.1) is 0 Å². The number of rotatable bonds is 9. The first-order valence-corrected chi connectivity index (χ1v) is 16.7. The third-order valence-electron chi connectivity index (χ3n) is 11.0. The number of piperidine rings is 1. The Labute approximate surface area is 267 Å². The van der Waals surface area contributed by atoms with Crippen molar-refractivity contribution >= 4 is 12.0 Å². The number of amides is 1. The maximum absolute atomic E-state index is 14.1. The van der Waals surface area contributed by atoms with Crippen molar-refractivity contribution in [1.82, 2.24) is 9.80 Å². The predicted octanol–water partition coefficient (Wildman–Crippen LogP) is 5.97. The van der Waals surface area contributed by atoms with E-state index in [0.29, 0.717) is 25.1 Å².